The first-order valence-electron chi connectivity index (χ1n) is 6.44. The summed E-state index contributed by atoms with van der Waals surface area (Å²) in [6.45, 7) is 3.66. The van der Waals surface area contributed by atoms with Crippen LogP contribution in [-0.2, 0) is 0 Å². The van der Waals surface area contributed by atoms with Crippen LogP contribution in [0.3, 0.4) is 0 Å². The fourth-order valence-electron chi connectivity index (χ4n) is 1.67. The lowest BCUT2D eigenvalue weighted by Gasteiger charge is -2.09. The Kier molecular flexibility index (Phi) is 5.18. The van der Waals surface area contributed by atoms with Gasteiger partial charge in [0.2, 0.25) is 34.8 Å². The summed E-state index contributed by atoms with van der Waals surface area (Å²) in [6.07, 6.45) is 1.49. The third kappa shape index (κ3) is 3.37. The smallest absolute Gasteiger partial charge is 0.343 e. The van der Waals surface area contributed by atoms with Gasteiger partial charge in [-0.3, -0.25) is 0 Å². The monoisotopic (exact) mass is 344 g/mol. The molecule has 0 radical (unpaired) electrons. The summed E-state index contributed by atoms with van der Waals surface area (Å²) in [5.74, 6) is -13.8. The zero-order valence-electron chi connectivity index (χ0n) is 11.9. The predicted molar refractivity (Wildman–Crippen MR) is 73.3 cm³/mol. The van der Waals surface area contributed by atoms with Gasteiger partial charge in [-0.05, 0) is 24.3 Å². The van der Waals surface area contributed by atoms with Crippen LogP contribution in [0.25, 0.3) is 0 Å². The molecule has 0 aliphatic heterocycles. The zero-order valence-corrected chi connectivity index (χ0v) is 11.9. The average Bonchev–Trinajstić information content (AvgIpc) is 2.60. The standard InChI is InChI=1S/C16H9F5O3/c1-2-7-23-9-5-3-8(4-6-9)16(22)24-15-13(20)11(18)10(17)12(19)14(15)21/h2-6H,1,7H2. The highest BCUT2D eigenvalue weighted by Gasteiger charge is 2.28. The topological polar surface area (TPSA) is 35.5 Å². The summed E-state index contributed by atoms with van der Waals surface area (Å²) < 4.78 is 75.4. The molecule has 24 heavy (non-hydrogen) atoms. The maximum absolute atomic E-state index is 13.5. The summed E-state index contributed by atoms with van der Waals surface area (Å²) in [5.41, 5.74) is -0.176. The number of ether oxygens (including phenoxy) is 2. The number of hydrogen-bond donors (Lipinski definition) is 0. The number of rotatable bonds is 5. The summed E-state index contributed by atoms with van der Waals surface area (Å²) in [6, 6.07) is 5.12. The van der Waals surface area contributed by atoms with Crippen molar-refractivity contribution in [2.75, 3.05) is 6.61 Å². The summed E-state index contributed by atoms with van der Waals surface area (Å²) in [7, 11) is 0. The minimum atomic E-state index is -2.34. The van der Waals surface area contributed by atoms with Gasteiger partial charge in [0.1, 0.15) is 12.4 Å². The number of esters is 1. The largest absolute Gasteiger partial charge is 0.490 e. The second-order valence-electron chi connectivity index (χ2n) is 4.41. The molecule has 0 unspecified atom stereocenters. The molecule has 0 atom stereocenters. The Morgan fingerprint density at radius 3 is 1.92 bits per heavy atom. The molecule has 0 aliphatic carbocycles. The van der Waals surface area contributed by atoms with Crippen molar-refractivity contribution in [2.45, 2.75) is 0 Å². The Morgan fingerprint density at radius 1 is 0.917 bits per heavy atom. The lowest BCUT2D eigenvalue weighted by atomic mass is 10.2. The highest BCUT2D eigenvalue weighted by atomic mass is 19.2. The third-order valence-corrected chi connectivity index (χ3v) is 2.82. The van der Waals surface area contributed by atoms with Gasteiger partial charge in [0.05, 0.1) is 5.56 Å². The molecule has 0 aliphatic rings. The van der Waals surface area contributed by atoms with Crippen molar-refractivity contribution in [1.82, 2.24) is 0 Å². The molecule has 0 aromatic heterocycles. The van der Waals surface area contributed by atoms with Crippen molar-refractivity contribution in [1.29, 1.82) is 0 Å². The molecule has 0 spiro atoms. The molecule has 3 nitrogen and oxygen atoms in total. The van der Waals surface area contributed by atoms with Gasteiger partial charge in [-0.25, -0.2) is 18.0 Å². The Labute approximate surface area is 132 Å². The second kappa shape index (κ2) is 7.12. The zero-order chi connectivity index (χ0) is 17.9. The lowest BCUT2D eigenvalue weighted by molar-refractivity contribution is 0.0716. The number of carbonyl (C=O) groups excluding carboxylic acids is 1. The quantitative estimate of drug-likeness (QED) is 0.204. The lowest BCUT2D eigenvalue weighted by Crippen LogP contribution is -2.13. The van der Waals surface area contributed by atoms with Crippen LogP contribution in [0.2, 0.25) is 0 Å². The van der Waals surface area contributed by atoms with E-state index in [2.05, 4.69) is 11.3 Å². The van der Waals surface area contributed by atoms with Crippen LogP contribution >= 0.6 is 0 Å². The first-order valence-corrected chi connectivity index (χ1v) is 6.44. The molecule has 0 saturated carbocycles. The summed E-state index contributed by atoms with van der Waals surface area (Å²) in [4.78, 5) is 11.8. The predicted octanol–water partition coefficient (Wildman–Crippen LogP) is 4.17. The maximum atomic E-state index is 13.5. The van der Waals surface area contributed by atoms with Crippen LogP contribution in [0, 0.1) is 29.1 Å². The number of carbonyl (C=O) groups is 1. The van der Waals surface area contributed by atoms with E-state index in [9.17, 15) is 26.7 Å². The molecule has 0 amide bonds. The van der Waals surface area contributed by atoms with Crippen molar-refractivity contribution in [3.05, 3.63) is 71.6 Å². The van der Waals surface area contributed by atoms with Gasteiger partial charge in [0, 0.05) is 0 Å². The summed E-state index contributed by atoms with van der Waals surface area (Å²) in [5, 5.41) is 0. The van der Waals surface area contributed by atoms with Crippen molar-refractivity contribution < 1.29 is 36.2 Å². The minimum Gasteiger partial charge on any atom is -0.490 e. The van der Waals surface area contributed by atoms with Gasteiger partial charge in [-0.2, -0.15) is 8.78 Å². The van der Waals surface area contributed by atoms with Crippen LogP contribution < -0.4 is 9.47 Å². The van der Waals surface area contributed by atoms with Crippen molar-refractivity contribution in [3.8, 4) is 11.5 Å². The van der Waals surface area contributed by atoms with Crippen LogP contribution in [0.4, 0.5) is 22.0 Å². The second-order valence-corrected chi connectivity index (χ2v) is 4.41. The normalized spacial score (nSPS) is 10.4. The minimum absolute atomic E-state index is 0.176. The Balaban J connectivity index is 2.25. The fourth-order valence-corrected chi connectivity index (χ4v) is 1.67. The number of benzene rings is 2. The molecule has 2 aromatic carbocycles. The van der Waals surface area contributed by atoms with Gasteiger partial charge in [-0.1, -0.05) is 12.7 Å². The van der Waals surface area contributed by atoms with E-state index < -0.39 is 40.8 Å². The van der Waals surface area contributed by atoms with Crippen molar-refractivity contribution >= 4 is 5.97 Å². The van der Waals surface area contributed by atoms with Crippen molar-refractivity contribution in [2.24, 2.45) is 0 Å². The van der Waals surface area contributed by atoms with E-state index in [0.29, 0.717) is 5.75 Å². The molecule has 2 aromatic rings. The molecule has 126 valence electrons. The van der Waals surface area contributed by atoms with E-state index in [-0.39, 0.29) is 12.2 Å². The third-order valence-electron chi connectivity index (χ3n) is 2.82. The van der Waals surface area contributed by atoms with E-state index in [4.69, 9.17) is 4.74 Å². The van der Waals surface area contributed by atoms with Gasteiger partial charge < -0.3 is 9.47 Å². The van der Waals surface area contributed by atoms with Gasteiger partial charge in [0.25, 0.3) is 0 Å². The highest BCUT2D eigenvalue weighted by molar-refractivity contribution is 5.91. The van der Waals surface area contributed by atoms with E-state index >= 15 is 0 Å². The first-order chi connectivity index (χ1) is 11.4. The molecule has 2 rings (SSSR count). The molecule has 0 heterocycles. The van der Waals surface area contributed by atoms with Crippen LogP contribution in [-0.4, -0.2) is 12.6 Å². The fraction of sp³-hybridized carbons (Fsp3) is 0.0625. The molecule has 0 fully saturated rings. The van der Waals surface area contributed by atoms with Crippen LogP contribution in [0.1, 0.15) is 10.4 Å². The molecule has 0 bridgehead atoms. The molecule has 0 N–H and O–H groups in total. The van der Waals surface area contributed by atoms with E-state index in [1.54, 1.807) is 0 Å². The molecular weight excluding hydrogens is 335 g/mol. The van der Waals surface area contributed by atoms with E-state index in [1.165, 1.54) is 30.3 Å². The van der Waals surface area contributed by atoms with Crippen LogP contribution in [0.5, 0.6) is 11.5 Å². The molecular formula is C16H9F5O3. The molecule has 8 heteroatoms. The maximum Gasteiger partial charge on any atom is 0.343 e. The average molecular weight is 344 g/mol. The van der Waals surface area contributed by atoms with E-state index in [0.717, 1.165) is 0 Å². The van der Waals surface area contributed by atoms with Gasteiger partial charge >= 0.3 is 5.97 Å². The van der Waals surface area contributed by atoms with Gasteiger partial charge in [0.15, 0.2) is 0 Å². The van der Waals surface area contributed by atoms with E-state index in [1.807, 2.05) is 0 Å². The summed E-state index contributed by atoms with van der Waals surface area (Å²) >= 11 is 0. The van der Waals surface area contributed by atoms with Crippen molar-refractivity contribution in [3.63, 3.8) is 0 Å². The Morgan fingerprint density at radius 2 is 1.42 bits per heavy atom. The molecule has 0 saturated heterocycles. The highest BCUT2D eigenvalue weighted by Crippen LogP contribution is 2.29. The van der Waals surface area contributed by atoms with Gasteiger partial charge in [-0.15, -0.1) is 0 Å². The van der Waals surface area contributed by atoms with Crippen LogP contribution in [0.15, 0.2) is 36.9 Å². The first kappa shape index (κ1) is 17.5. The number of hydrogen-bond acceptors (Lipinski definition) is 3. The Hall–Kier alpha value is -2.90. The number of halogens is 5. The Bertz CT molecular complexity index is 758. The SMILES string of the molecule is C=CCOc1ccc(C(=O)Oc2c(F)c(F)c(F)c(F)c2F)cc1.